The van der Waals surface area contributed by atoms with E-state index in [-0.39, 0.29) is 17.6 Å². The Bertz CT molecular complexity index is 861. The average molecular weight is 442 g/mol. The number of ether oxygens (including phenoxy) is 1. The number of anilines is 1. The number of carbonyl (C=O) groups excluding carboxylic acids is 1. The molecular weight excluding hydrogens is 422 g/mol. The number of benzene rings is 1. The topological polar surface area (TPSA) is 91.8 Å². The van der Waals surface area contributed by atoms with Crippen LogP contribution in [0.3, 0.4) is 0 Å². The number of carboxylic acids is 1. The molecule has 10 heteroatoms. The second-order valence-electron chi connectivity index (χ2n) is 6.16. The second-order valence-corrected chi connectivity index (χ2v) is 8.77. The van der Waals surface area contributed by atoms with Crippen LogP contribution in [0.4, 0.5) is 5.69 Å². The van der Waals surface area contributed by atoms with Gasteiger partial charge in [-0.3, -0.25) is 4.79 Å². The fourth-order valence-electron chi connectivity index (χ4n) is 2.96. The summed E-state index contributed by atoms with van der Waals surface area (Å²) in [5.74, 6) is 0.482. The first-order chi connectivity index (χ1) is 13.5. The predicted octanol–water partition coefficient (Wildman–Crippen LogP) is 3.70. The summed E-state index contributed by atoms with van der Waals surface area (Å²) in [7, 11) is 1.60. The molecule has 1 atom stereocenters. The molecule has 1 amide bonds. The molecule has 2 heterocycles. The van der Waals surface area contributed by atoms with E-state index in [4.69, 9.17) is 21.4 Å². The predicted molar refractivity (Wildman–Crippen MR) is 111 cm³/mol. The number of thioether (sulfide) groups is 1. The van der Waals surface area contributed by atoms with Gasteiger partial charge >= 0.3 is 5.97 Å². The van der Waals surface area contributed by atoms with Crippen LogP contribution in [0, 0.1) is 0 Å². The van der Waals surface area contributed by atoms with Crippen molar-refractivity contribution >= 4 is 52.3 Å². The van der Waals surface area contributed by atoms with Crippen molar-refractivity contribution in [2.45, 2.75) is 23.2 Å². The first-order valence-electron chi connectivity index (χ1n) is 8.66. The van der Waals surface area contributed by atoms with Crippen molar-refractivity contribution in [3.05, 3.63) is 34.3 Å². The summed E-state index contributed by atoms with van der Waals surface area (Å²) in [5.41, 5.74) is 0.834. The molecule has 150 valence electrons. The highest BCUT2D eigenvalue weighted by atomic mass is 35.5. The van der Waals surface area contributed by atoms with E-state index in [1.165, 1.54) is 28.5 Å². The van der Waals surface area contributed by atoms with Gasteiger partial charge in [-0.2, -0.15) is 0 Å². The SMILES string of the molecule is COc1ccc(Cl)c(NC[C@H]2CCC(=O)N2CCSc2nc(C(=O)O)cs2)c1. The zero-order valence-electron chi connectivity index (χ0n) is 15.2. The minimum atomic E-state index is -1.03. The zero-order chi connectivity index (χ0) is 20.1. The van der Waals surface area contributed by atoms with Gasteiger partial charge in [0.2, 0.25) is 5.91 Å². The third-order valence-corrected chi connectivity index (χ3v) is 6.74. The summed E-state index contributed by atoms with van der Waals surface area (Å²) < 4.78 is 5.92. The summed E-state index contributed by atoms with van der Waals surface area (Å²) in [6.45, 7) is 1.19. The molecule has 28 heavy (non-hydrogen) atoms. The molecule has 0 saturated carbocycles. The number of nitrogens with one attached hydrogen (secondary N) is 1. The van der Waals surface area contributed by atoms with Crippen molar-refractivity contribution in [2.75, 3.05) is 31.3 Å². The van der Waals surface area contributed by atoms with Crippen molar-refractivity contribution in [1.82, 2.24) is 9.88 Å². The van der Waals surface area contributed by atoms with Crippen molar-refractivity contribution in [3.63, 3.8) is 0 Å². The van der Waals surface area contributed by atoms with Gasteiger partial charge in [-0.25, -0.2) is 9.78 Å². The first-order valence-corrected chi connectivity index (χ1v) is 10.9. The number of hydrogen-bond donors (Lipinski definition) is 2. The van der Waals surface area contributed by atoms with Gasteiger partial charge in [-0.05, 0) is 18.6 Å². The van der Waals surface area contributed by atoms with E-state index in [9.17, 15) is 9.59 Å². The number of carboxylic acid groups (broad SMARTS) is 1. The summed E-state index contributed by atoms with van der Waals surface area (Å²) in [6, 6.07) is 5.49. The maximum absolute atomic E-state index is 12.3. The number of hydrogen-bond acceptors (Lipinski definition) is 7. The van der Waals surface area contributed by atoms with Crippen LogP contribution in [-0.2, 0) is 4.79 Å². The molecule has 1 saturated heterocycles. The molecule has 3 rings (SSSR count). The Morgan fingerprint density at radius 3 is 3.07 bits per heavy atom. The van der Waals surface area contributed by atoms with Crippen LogP contribution >= 0.6 is 34.7 Å². The van der Waals surface area contributed by atoms with Crippen LogP contribution in [0.15, 0.2) is 27.9 Å². The van der Waals surface area contributed by atoms with Crippen molar-refractivity contribution in [3.8, 4) is 5.75 Å². The minimum Gasteiger partial charge on any atom is -0.497 e. The fraction of sp³-hybridized carbons (Fsp3) is 0.389. The third-order valence-electron chi connectivity index (χ3n) is 4.41. The van der Waals surface area contributed by atoms with Gasteiger partial charge in [0.25, 0.3) is 0 Å². The molecule has 1 aromatic heterocycles. The molecule has 0 aliphatic carbocycles. The number of carbonyl (C=O) groups is 2. The molecule has 0 spiro atoms. The van der Waals surface area contributed by atoms with E-state index in [0.29, 0.717) is 40.4 Å². The van der Waals surface area contributed by atoms with E-state index in [2.05, 4.69) is 10.3 Å². The van der Waals surface area contributed by atoms with Crippen LogP contribution in [0.2, 0.25) is 5.02 Å². The van der Waals surface area contributed by atoms with Crippen LogP contribution in [0.25, 0.3) is 0 Å². The number of aromatic carboxylic acids is 1. The fourth-order valence-corrected chi connectivity index (χ4v) is 4.95. The Labute approximate surface area is 176 Å². The summed E-state index contributed by atoms with van der Waals surface area (Å²) in [5, 5.41) is 14.4. The van der Waals surface area contributed by atoms with Crippen molar-refractivity contribution in [1.29, 1.82) is 0 Å². The van der Waals surface area contributed by atoms with E-state index in [1.54, 1.807) is 19.2 Å². The summed E-state index contributed by atoms with van der Waals surface area (Å²) in [4.78, 5) is 29.1. The van der Waals surface area contributed by atoms with Crippen molar-refractivity contribution < 1.29 is 19.4 Å². The number of thiazole rings is 1. The molecule has 0 unspecified atom stereocenters. The van der Waals surface area contributed by atoms with E-state index >= 15 is 0 Å². The standard InChI is InChI=1S/C18H20ClN3O4S2/c1-26-12-3-4-13(19)14(8-12)20-9-11-2-5-16(23)22(11)6-7-27-18-21-15(10-28-18)17(24)25/h3-4,8,10-11,20H,2,5-7,9H2,1H3,(H,24,25)/t11-/m1/s1. The molecule has 1 aromatic carbocycles. The van der Waals surface area contributed by atoms with Gasteiger partial charge in [-0.1, -0.05) is 23.4 Å². The van der Waals surface area contributed by atoms with Gasteiger partial charge in [0, 0.05) is 42.8 Å². The Morgan fingerprint density at radius 2 is 2.36 bits per heavy atom. The van der Waals surface area contributed by atoms with E-state index in [0.717, 1.165) is 12.1 Å². The maximum atomic E-state index is 12.3. The highest BCUT2D eigenvalue weighted by Gasteiger charge is 2.30. The number of amides is 1. The Balaban J connectivity index is 1.53. The Morgan fingerprint density at radius 1 is 1.54 bits per heavy atom. The van der Waals surface area contributed by atoms with Gasteiger partial charge in [0.15, 0.2) is 10.0 Å². The second kappa shape index (κ2) is 9.49. The first kappa shape index (κ1) is 20.8. The monoisotopic (exact) mass is 441 g/mol. The molecule has 1 fully saturated rings. The molecule has 0 bridgehead atoms. The lowest BCUT2D eigenvalue weighted by Crippen LogP contribution is -2.39. The van der Waals surface area contributed by atoms with Crippen LogP contribution in [0.5, 0.6) is 5.75 Å². The molecular formula is C18H20ClN3O4S2. The highest BCUT2D eigenvalue weighted by Crippen LogP contribution is 2.28. The Kier molecular flexibility index (Phi) is 7.03. The number of likely N-dealkylation sites (tertiary alicyclic amines) is 1. The Hall–Kier alpha value is -1.97. The number of aromatic nitrogens is 1. The van der Waals surface area contributed by atoms with Crippen molar-refractivity contribution in [2.24, 2.45) is 0 Å². The van der Waals surface area contributed by atoms with Crippen LogP contribution < -0.4 is 10.1 Å². The highest BCUT2D eigenvalue weighted by molar-refractivity contribution is 8.01. The molecule has 7 nitrogen and oxygen atoms in total. The number of methoxy groups -OCH3 is 1. The molecule has 0 radical (unpaired) electrons. The van der Waals surface area contributed by atoms with Gasteiger partial charge < -0.3 is 20.1 Å². The molecule has 2 aromatic rings. The van der Waals surface area contributed by atoms with Crippen LogP contribution in [-0.4, -0.2) is 58.9 Å². The summed E-state index contributed by atoms with van der Waals surface area (Å²) >= 11 is 9.00. The van der Waals surface area contributed by atoms with E-state index in [1.807, 2.05) is 11.0 Å². The molecule has 2 N–H and O–H groups in total. The zero-order valence-corrected chi connectivity index (χ0v) is 17.6. The number of halogens is 1. The van der Waals surface area contributed by atoms with Gasteiger partial charge in [0.05, 0.1) is 17.8 Å². The quantitative estimate of drug-likeness (QED) is 0.573. The third kappa shape index (κ3) is 5.09. The number of nitrogens with zero attached hydrogens (tertiary/aromatic N) is 2. The van der Waals surface area contributed by atoms with Gasteiger partial charge in [0.1, 0.15) is 5.75 Å². The van der Waals surface area contributed by atoms with Crippen LogP contribution in [0.1, 0.15) is 23.3 Å². The number of rotatable bonds is 9. The van der Waals surface area contributed by atoms with Gasteiger partial charge in [-0.15, -0.1) is 11.3 Å². The molecule has 1 aliphatic rings. The van der Waals surface area contributed by atoms with E-state index < -0.39 is 5.97 Å². The lowest BCUT2D eigenvalue weighted by Gasteiger charge is -2.25. The maximum Gasteiger partial charge on any atom is 0.355 e. The lowest BCUT2D eigenvalue weighted by atomic mass is 10.2. The molecule has 1 aliphatic heterocycles. The smallest absolute Gasteiger partial charge is 0.355 e. The summed E-state index contributed by atoms with van der Waals surface area (Å²) in [6.07, 6.45) is 1.32. The minimum absolute atomic E-state index is 0.0574. The normalized spacial score (nSPS) is 16.4. The average Bonchev–Trinajstić information content (AvgIpc) is 3.29. The largest absolute Gasteiger partial charge is 0.497 e. The lowest BCUT2D eigenvalue weighted by molar-refractivity contribution is -0.128.